The van der Waals surface area contributed by atoms with E-state index in [4.69, 9.17) is 0 Å². The summed E-state index contributed by atoms with van der Waals surface area (Å²) in [5.41, 5.74) is 0. The molecule has 0 spiro atoms. The Labute approximate surface area is 40.0 Å². The van der Waals surface area contributed by atoms with E-state index in [9.17, 15) is 0 Å². The topological polar surface area (TPSA) is 9.23 Å². The molecular weight excluding hydrogens is 159 g/mol. The van der Waals surface area contributed by atoms with Crippen molar-refractivity contribution in [2.75, 3.05) is 6.61 Å². The van der Waals surface area contributed by atoms with Crippen molar-refractivity contribution < 1.29 is 3.07 Å². The van der Waals surface area contributed by atoms with Crippen LogP contribution in [0.25, 0.3) is 0 Å². The van der Waals surface area contributed by atoms with Crippen molar-refractivity contribution in [1.29, 1.82) is 0 Å². The molecule has 0 amide bonds. The molecule has 2 radical (unpaired) electrons. The molecule has 0 heterocycles. The maximum atomic E-state index is 4.63. The molecule has 4 heavy (non-hydrogen) atoms. The first-order chi connectivity index (χ1) is 1.91. The molecule has 0 atom stereocenters. The monoisotopic (exact) mass is 165 g/mol. The van der Waals surface area contributed by atoms with Crippen LogP contribution in [0.1, 0.15) is 6.92 Å². The standard InChI is InChI=1S/C2H5O.Sn/c1-2-3;/h2H2,1H3;/q-1;+2. The minimum absolute atomic E-state index is 0.859. The molecule has 22 valence electrons. The third-order valence-corrected chi connectivity index (χ3v) is 0.968. The van der Waals surface area contributed by atoms with Crippen LogP contribution in [0.4, 0.5) is 0 Å². The van der Waals surface area contributed by atoms with Gasteiger partial charge in [-0.2, -0.15) is 0 Å². The van der Waals surface area contributed by atoms with Crippen molar-refractivity contribution >= 4 is 22.9 Å². The van der Waals surface area contributed by atoms with Gasteiger partial charge in [-0.15, -0.1) is 0 Å². The summed E-state index contributed by atoms with van der Waals surface area (Å²) in [6.07, 6.45) is 0. The Morgan fingerprint density at radius 2 is 2.25 bits per heavy atom. The number of hydrogen-bond donors (Lipinski definition) is 0. The van der Waals surface area contributed by atoms with Crippen LogP contribution in [0.3, 0.4) is 0 Å². The fraction of sp³-hybridized carbons (Fsp3) is 1.00. The molecule has 0 bridgehead atoms. The van der Waals surface area contributed by atoms with E-state index in [0.717, 1.165) is 6.61 Å². The van der Waals surface area contributed by atoms with Crippen molar-refractivity contribution in [1.82, 2.24) is 0 Å². The molecular formula is C2H5OSn+. The molecule has 0 fully saturated rings. The summed E-state index contributed by atoms with van der Waals surface area (Å²) in [6.45, 7) is 2.84. The quantitative estimate of drug-likeness (QED) is 0.499. The zero-order chi connectivity index (χ0) is 3.41. The Kier molecular flexibility index (Phi) is 4.47. The van der Waals surface area contributed by atoms with Gasteiger partial charge in [0.15, 0.2) is 0 Å². The summed E-state index contributed by atoms with van der Waals surface area (Å²) in [5, 5.41) is 0. The molecule has 2 heteroatoms. The molecule has 0 saturated carbocycles. The van der Waals surface area contributed by atoms with Crippen LogP contribution < -0.4 is 0 Å². The number of hydrogen-bond acceptors (Lipinski definition) is 1. The second-order valence-corrected chi connectivity index (χ2v) is 1.26. The Balaban J connectivity index is 1.97. The molecule has 0 aliphatic carbocycles. The molecule has 1 nitrogen and oxygen atoms in total. The fourth-order valence-electron chi connectivity index (χ4n) is 0. The van der Waals surface area contributed by atoms with Gasteiger partial charge in [0.2, 0.25) is 0 Å². The third-order valence-electron chi connectivity index (χ3n) is 0.144. The van der Waals surface area contributed by atoms with Gasteiger partial charge in [0.1, 0.15) is 0 Å². The van der Waals surface area contributed by atoms with Gasteiger partial charge in [-0.25, -0.2) is 0 Å². The average Bonchev–Trinajstić information content (AvgIpc) is 1.37. The van der Waals surface area contributed by atoms with Crippen LogP contribution in [0.15, 0.2) is 0 Å². The van der Waals surface area contributed by atoms with Crippen molar-refractivity contribution in [2.24, 2.45) is 0 Å². The Hall–Kier alpha value is 0.759. The van der Waals surface area contributed by atoms with E-state index in [1.807, 2.05) is 6.92 Å². The van der Waals surface area contributed by atoms with Gasteiger partial charge in [0.05, 0.1) is 0 Å². The Bertz CT molecular complexity index is 8.00. The third kappa shape index (κ3) is 2.76. The number of rotatable bonds is 1. The van der Waals surface area contributed by atoms with Gasteiger partial charge in [-0.05, 0) is 0 Å². The summed E-state index contributed by atoms with van der Waals surface area (Å²) in [5.74, 6) is 0. The molecule has 0 aliphatic rings. The summed E-state index contributed by atoms with van der Waals surface area (Å²) in [6, 6.07) is 0. The maximum absolute atomic E-state index is 4.63. The van der Waals surface area contributed by atoms with E-state index < -0.39 is 0 Å². The molecule has 0 aromatic carbocycles. The normalized spacial score (nSPS) is 7.25. The van der Waals surface area contributed by atoms with E-state index >= 15 is 0 Å². The summed E-state index contributed by atoms with van der Waals surface area (Å²) in [7, 11) is 0. The summed E-state index contributed by atoms with van der Waals surface area (Å²) in [4.78, 5) is 0. The first-order valence-corrected chi connectivity index (χ1v) is 2.37. The van der Waals surface area contributed by atoms with Crippen LogP contribution in [0, 0.1) is 0 Å². The Morgan fingerprint density at radius 3 is 2.25 bits per heavy atom. The predicted octanol–water partition coefficient (Wildman–Crippen LogP) is 0.106. The molecule has 0 rings (SSSR count). The predicted molar refractivity (Wildman–Crippen MR) is 17.4 cm³/mol. The molecule has 0 N–H and O–H groups in total. The molecule has 0 aliphatic heterocycles. The van der Waals surface area contributed by atoms with Crippen LogP contribution in [-0.2, 0) is 3.07 Å². The Morgan fingerprint density at radius 1 is 2.00 bits per heavy atom. The van der Waals surface area contributed by atoms with Gasteiger partial charge < -0.3 is 0 Å². The van der Waals surface area contributed by atoms with Crippen molar-refractivity contribution in [3.8, 4) is 0 Å². The second kappa shape index (κ2) is 3.76. The first kappa shape index (κ1) is 4.76. The van der Waals surface area contributed by atoms with Crippen molar-refractivity contribution in [2.45, 2.75) is 6.92 Å². The van der Waals surface area contributed by atoms with Crippen molar-refractivity contribution in [3.05, 3.63) is 0 Å². The molecule has 0 aromatic heterocycles. The molecule has 0 unspecified atom stereocenters. The summed E-state index contributed by atoms with van der Waals surface area (Å²) >= 11 is 1.17. The van der Waals surface area contributed by atoms with E-state index in [2.05, 4.69) is 3.07 Å². The zero-order valence-corrected chi connectivity index (χ0v) is 5.47. The van der Waals surface area contributed by atoms with Gasteiger partial charge in [-0.1, -0.05) is 0 Å². The van der Waals surface area contributed by atoms with Gasteiger partial charge in [0, 0.05) is 0 Å². The molecule has 0 saturated heterocycles. The van der Waals surface area contributed by atoms with E-state index in [0.29, 0.717) is 0 Å². The zero-order valence-electron chi connectivity index (χ0n) is 2.62. The fourth-order valence-corrected chi connectivity index (χ4v) is 0. The first-order valence-electron chi connectivity index (χ1n) is 1.20. The molecule has 0 aromatic rings. The van der Waals surface area contributed by atoms with Crippen molar-refractivity contribution in [3.63, 3.8) is 0 Å². The second-order valence-electron chi connectivity index (χ2n) is 0.433. The van der Waals surface area contributed by atoms with E-state index in [1.54, 1.807) is 0 Å². The SMILES string of the molecule is CC[O][Sn+]. The minimum atomic E-state index is 0.859. The van der Waals surface area contributed by atoms with E-state index in [1.165, 1.54) is 22.9 Å². The summed E-state index contributed by atoms with van der Waals surface area (Å²) < 4.78 is 4.63. The van der Waals surface area contributed by atoms with Gasteiger partial charge >= 0.3 is 39.5 Å². The van der Waals surface area contributed by atoms with Crippen LogP contribution in [0.5, 0.6) is 0 Å². The van der Waals surface area contributed by atoms with E-state index in [-0.39, 0.29) is 0 Å². The van der Waals surface area contributed by atoms with Gasteiger partial charge in [-0.3, -0.25) is 0 Å². The van der Waals surface area contributed by atoms with Crippen LogP contribution in [-0.4, -0.2) is 29.5 Å². The average molecular weight is 164 g/mol. The van der Waals surface area contributed by atoms with Crippen LogP contribution >= 0.6 is 0 Å². The van der Waals surface area contributed by atoms with Crippen LogP contribution in [0.2, 0.25) is 0 Å². The van der Waals surface area contributed by atoms with Gasteiger partial charge in [0.25, 0.3) is 0 Å².